The highest BCUT2D eigenvalue weighted by molar-refractivity contribution is 7.98. The van der Waals surface area contributed by atoms with Gasteiger partial charge in [0.1, 0.15) is 5.82 Å². The lowest BCUT2D eigenvalue weighted by molar-refractivity contribution is 0.597. The van der Waals surface area contributed by atoms with E-state index in [1.54, 1.807) is 6.07 Å². The van der Waals surface area contributed by atoms with Gasteiger partial charge in [-0.3, -0.25) is 0 Å². The minimum Gasteiger partial charge on any atom is -0.369 e. The van der Waals surface area contributed by atoms with Crippen molar-refractivity contribution < 1.29 is 4.39 Å². The van der Waals surface area contributed by atoms with E-state index in [-0.39, 0.29) is 5.82 Å². The molecule has 1 aromatic carbocycles. The normalized spacial score (nSPS) is 12.5. The molecule has 0 amide bonds. The Morgan fingerprint density at radius 2 is 2.17 bits per heavy atom. The largest absolute Gasteiger partial charge is 0.369 e. The van der Waals surface area contributed by atoms with Crippen molar-refractivity contribution in [3.05, 3.63) is 29.6 Å². The molecule has 0 saturated heterocycles. The Hall–Kier alpha value is -0.740. The van der Waals surface area contributed by atoms with Crippen LogP contribution in [0.15, 0.2) is 18.2 Å². The molecule has 0 saturated carbocycles. The Morgan fingerprint density at radius 3 is 2.78 bits per heavy atom. The number of nitrogens with two attached hydrogens (primary N) is 1. The molecular formula is C14H23FN2S. The van der Waals surface area contributed by atoms with Crippen molar-refractivity contribution in [2.24, 2.45) is 5.73 Å². The van der Waals surface area contributed by atoms with Gasteiger partial charge in [0.05, 0.1) is 5.69 Å². The zero-order valence-corrected chi connectivity index (χ0v) is 12.3. The van der Waals surface area contributed by atoms with Crippen molar-refractivity contribution in [3.8, 4) is 0 Å². The van der Waals surface area contributed by atoms with Gasteiger partial charge in [0, 0.05) is 13.1 Å². The van der Waals surface area contributed by atoms with E-state index >= 15 is 0 Å². The van der Waals surface area contributed by atoms with Gasteiger partial charge in [-0.15, -0.1) is 0 Å². The fourth-order valence-electron chi connectivity index (χ4n) is 2.01. The van der Waals surface area contributed by atoms with Crippen LogP contribution < -0.4 is 10.6 Å². The second-order valence-electron chi connectivity index (χ2n) is 4.53. The van der Waals surface area contributed by atoms with Gasteiger partial charge in [0.2, 0.25) is 0 Å². The maximum atomic E-state index is 14.0. The van der Waals surface area contributed by atoms with E-state index in [1.165, 1.54) is 6.07 Å². The van der Waals surface area contributed by atoms with Crippen LogP contribution in [0.1, 0.15) is 18.9 Å². The van der Waals surface area contributed by atoms with Gasteiger partial charge in [-0.05, 0) is 49.9 Å². The van der Waals surface area contributed by atoms with E-state index in [0.29, 0.717) is 24.7 Å². The van der Waals surface area contributed by atoms with Gasteiger partial charge in [0.25, 0.3) is 0 Å². The average Bonchev–Trinajstić information content (AvgIpc) is 2.36. The smallest absolute Gasteiger partial charge is 0.146 e. The van der Waals surface area contributed by atoms with Crippen LogP contribution in [0.2, 0.25) is 0 Å². The SMILES string of the molecule is CSCCC(C)N(C)c1c(F)cccc1CCN. The van der Waals surface area contributed by atoms with E-state index in [9.17, 15) is 4.39 Å². The van der Waals surface area contributed by atoms with Crippen molar-refractivity contribution in [2.45, 2.75) is 25.8 Å². The van der Waals surface area contributed by atoms with Gasteiger partial charge in [-0.25, -0.2) is 4.39 Å². The van der Waals surface area contributed by atoms with E-state index in [4.69, 9.17) is 5.73 Å². The molecule has 0 aromatic heterocycles. The van der Waals surface area contributed by atoms with Crippen LogP contribution in [0.4, 0.5) is 10.1 Å². The molecule has 102 valence electrons. The topological polar surface area (TPSA) is 29.3 Å². The first kappa shape index (κ1) is 15.3. The van der Waals surface area contributed by atoms with Crippen LogP contribution in [0.25, 0.3) is 0 Å². The highest BCUT2D eigenvalue weighted by Gasteiger charge is 2.16. The molecule has 1 unspecified atom stereocenters. The van der Waals surface area contributed by atoms with Crippen LogP contribution in [0, 0.1) is 5.82 Å². The fourth-order valence-corrected chi connectivity index (χ4v) is 2.59. The molecule has 0 aliphatic rings. The number of anilines is 1. The molecule has 0 aliphatic carbocycles. The van der Waals surface area contributed by atoms with Crippen molar-refractivity contribution in [2.75, 3.05) is 30.5 Å². The minimum absolute atomic E-state index is 0.153. The third-order valence-electron chi connectivity index (χ3n) is 3.24. The molecule has 0 radical (unpaired) electrons. The Labute approximate surface area is 114 Å². The first-order chi connectivity index (χ1) is 8.61. The molecule has 1 atom stereocenters. The number of benzene rings is 1. The molecule has 0 spiro atoms. The highest BCUT2D eigenvalue weighted by Crippen LogP contribution is 2.26. The predicted octanol–water partition coefficient (Wildman–Crippen LogP) is 2.90. The molecule has 18 heavy (non-hydrogen) atoms. The molecular weight excluding hydrogens is 247 g/mol. The first-order valence-corrected chi connectivity index (χ1v) is 7.70. The second kappa shape index (κ2) is 7.64. The van der Waals surface area contributed by atoms with E-state index in [2.05, 4.69) is 13.2 Å². The van der Waals surface area contributed by atoms with Gasteiger partial charge >= 0.3 is 0 Å². The minimum atomic E-state index is -0.153. The van der Waals surface area contributed by atoms with E-state index in [0.717, 1.165) is 17.7 Å². The average molecular weight is 270 g/mol. The number of thioether (sulfide) groups is 1. The number of rotatable bonds is 7. The Bertz CT molecular complexity index is 371. The molecule has 0 heterocycles. The van der Waals surface area contributed by atoms with E-state index in [1.807, 2.05) is 29.8 Å². The number of para-hydroxylation sites is 1. The number of hydrogen-bond donors (Lipinski definition) is 1. The summed E-state index contributed by atoms with van der Waals surface area (Å²) in [6.07, 6.45) is 3.86. The van der Waals surface area contributed by atoms with Crippen molar-refractivity contribution in [1.82, 2.24) is 0 Å². The monoisotopic (exact) mass is 270 g/mol. The first-order valence-electron chi connectivity index (χ1n) is 6.31. The van der Waals surface area contributed by atoms with Gasteiger partial charge in [0.15, 0.2) is 0 Å². The summed E-state index contributed by atoms with van der Waals surface area (Å²) in [5, 5.41) is 0. The maximum Gasteiger partial charge on any atom is 0.146 e. The molecule has 2 N–H and O–H groups in total. The van der Waals surface area contributed by atoms with Gasteiger partial charge < -0.3 is 10.6 Å². The second-order valence-corrected chi connectivity index (χ2v) is 5.51. The Balaban J connectivity index is 2.92. The zero-order valence-electron chi connectivity index (χ0n) is 11.4. The molecule has 0 fully saturated rings. The van der Waals surface area contributed by atoms with Crippen molar-refractivity contribution >= 4 is 17.4 Å². The number of hydrogen-bond acceptors (Lipinski definition) is 3. The predicted molar refractivity (Wildman–Crippen MR) is 80.0 cm³/mol. The summed E-state index contributed by atoms with van der Waals surface area (Å²) in [5.74, 6) is 0.936. The zero-order chi connectivity index (χ0) is 13.5. The Morgan fingerprint density at radius 1 is 1.44 bits per heavy atom. The fraction of sp³-hybridized carbons (Fsp3) is 0.571. The summed E-state index contributed by atoms with van der Waals surface area (Å²) in [6, 6.07) is 5.56. The van der Waals surface area contributed by atoms with Gasteiger partial charge in [-0.2, -0.15) is 11.8 Å². The molecule has 2 nitrogen and oxygen atoms in total. The molecule has 0 aliphatic heterocycles. The summed E-state index contributed by atoms with van der Waals surface area (Å²) >= 11 is 1.82. The molecule has 4 heteroatoms. The highest BCUT2D eigenvalue weighted by atomic mass is 32.2. The third kappa shape index (κ3) is 3.89. The quantitative estimate of drug-likeness (QED) is 0.826. The molecule has 1 aromatic rings. The van der Waals surface area contributed by atoms with Crippen LogP contribution in [-0.4, -0.2) is 31.6 Å². The van der Waals surface area contributed by atoms with Crippen LogP contribution >= 0.6 is 11.8 Å². The van der Waals surface area contributed by atoms with Crippen molar-refractivity contribution in [3.63, 3.8) is 0 Å². The maximum absolute atomic E-state index is 14.0. The van der Waals surface area contributed by atoms with Crippen LogP contribution in [0.3, 0.4) is 0 Å². The number of halogens is 1. The lowest BCUT2D eigenvalue weighted by atomic mass is 10.1. The summed E-state index contributed by atoms with van der Waals surface area (Å²) in [7, 11) is 1.96. The third-order valence-corrected chi connectivity index (χ3v) is 3.88. The lowest BCUT2D eigenvalue weighted by Crippen LogP contribution is -2.31. The molecule has 0 bridgehead atoms. The van der Waals surface area contributed by atoms with E-state index < -0.39 is 0 Å². The summed E-state index contributed by atoms with van der Waals surface area (Å²) < 4.78 is 14.0. The summed E-state index contributed by atoms with van der Waals surface area (Å²) in [4.78, 5) is 2.04. The van der Waals surface area contributed by atoms with Crippen LogP contribution in [-0.2, 0) is 6.42 Å². The van der Waals surface area contributed by atoms with Crippen LogP contribution in [0.5, 0.6) is 0 Å². The lowest BCUT2D eigenvalue weighted by Gasteiger charge is -2.29. The summed E-state index contributed by atoms with van der Waals surface area (Å²) in [6.45, 7) is 2.68. The Kier molecular flexibility index (Phi) is 6.50. The molecule has 1 rings (SSSR count). The number of nitrogens with zero attached hydrogens (tertiary/aromatic N) is 1. The van der Waals surface area contributed by atoms with Gasteiger partial charge in [-0.1, -0.05) is 12.1 Å². The van der Waals surface area contributed by atoms with Crippen molar-refractivity contribution in [1.29, 1.82) is 0 Å². The standard InChI is InChI=1S/C14H23FN2S/c1-11(8-10-18-3)17(2)14-12(7-9-16)5-4-6-13(14)15/h4-6,11H,7-10,16H2,1-3H3. The summed E-state index contributed by atoms with van der Waals surface area (Å²) in [5.41, 5.74) is 7.29.